The SMILES string of the molecule is CCNCc1ccc(N(C)C2CCCCC2O)nc1. The zero-order valence-corrected chi connectivity index (χ0v) is 12.0. The minimum atomic E-state index is -0.220. The Morgan fingerprint density at radius 2 is 2.16 bits per heavy atom. The molecule has 4 heteroatoms. The summed E-state index contributed by atoms with van der Waals surface area (Å²) in [4.78, 5) is 6.64. The molecule has 0 aromatic carbocycles. The Morgan fingerprint density at radius 1 is 1.37 bits per heavy atom. The lowest BCUT2D eigenvalue weighted by Crippen LogP contribution is -2.43. The molecule has 1 aromatic heterocycles. The van der Waals surface area contributed by atoms with Gasteiger partial charge in [-0.25, -0.2) is 4.98 Å². The smallest absolute Gasteiger partial charge is 0.128 e. The molecule has 1 aromatic rings. The van der Waals surface area contributed by atoms with E-state index in [-0.39, 0.29) is 12.1 Å². The van der Waals surface area contributed by atoms with Crippen LogP contribution < -0.4 is 10.2 Å². The average Bonchev–Trinajstić information content (AvgIpc) is 2.45. The first kappa shape index (κ1) is 14.3. The van der Waals surface area contributed by atoms with Gasteiger partial charge in [0, 0.05) is 19.8 Å². The molecule has 2 atom stereocenters. The summed E-state index contributed by atoms with van der Waals surface area (Å²) in [5.41, 5.74) is 1.20. The normalized spacial score (nSPS) is 23.3. The third-order valence-electron chi connectivity index (χ3n) is 3.94. The highest BCUT2D eigenvalue weighted by atomic mass is 16.3. The first-order valence-electron chi connectivity index (χ1n) is 7.29. The van der Waals surface area contributed by atoms with Gasteiger partial charge in [-0.1, -0.05) is 25.8 Å². The van der Waals surface area contributed by atoms with Crippen molar-refractivity contribution in [3.05, 3.63) is 23.9 Å². The van der Waals surface area contributed by atoms with Gasteiger partial charge in [0.2, 0.25) is 0 Å². The Kier molecular flexibility index (Phi) is 5.16. The van der Waals surface area contributed by atoms with E-state index >= 15 is 0 Å². The number of aliphatic hydroxyl groups excluding tert-OH is 1. The Morgan fingerprint density at radius 3 is 2.79 bits per heavy atom. The van der Waals surface area contributed by atoms with Gasteiger partial charge in [-0.3, -0.25) is 0 Å². The minimum Gasteiger partial charge on any atom is -0.391 e. The van der Waals surface area contributed by atoms with Crippen LogP contribution in [0.25, 0.3) is 0 Å². The van der Waals surface area contributed by atoms with Crippen LogP contribution in [-0.2, 0) is 6.54 Å². The highest BCUT2D eigenvalue weighted by molar-refractivity contribution is 5.40. The predicted molar refractivity (Wildman–Crippen MR) is 78.3 cm³/mol. The van der Waals surface area contributed by atoms with Gasteiger partial charge in [0.05, 0.1) is 12.1 Å². The molecular weight excluding hydrogens is 238 g/mol. The second-order valence-corrected chi connectivity index (χ2v) is 5.34. The lowest BCUT2D eigenvalue weighted by molar-refractivity contribution is 0.106. The maximum atomic E-state index is 10.1. The lowest BCUT2D eigenvalue weighted by Gasteiger charge is -2.35. The highest BCUT2D eigenvalue weighted by Gasteiger charge is 2.27. The van der Waals surface area contributed by atoms with Crippen molar-refractivity contribution in [2.75, 3.05) is 18.5 Å². The Labute approximate surface area is 115 Å². The molecule has 106 valence electrons. The fourth-order valence-electron chi connectivity index (χ4n) is 2.71. The third kappa shape index (κ3) is 3.67. The first-order chi connectivity index (χ1) is 9.22. The van der Waals surface area contributed by atoms with Crippen LogP contribution >= 0.6 is 0 Å². The van der Waals surface area contributed by atoms with Crippen molar-refractivity contribution in [3.63, 3.8) is 0 Å². The minimum absolute atomic E-state index is 0.209. The number of likely N-dealkylation sites (N-methyl/N-ethyl adjacent to an activating group) is 1. The van der Waals surface area contributed by atoms with Gasteiger partial charge in [-0.2, -0.15) is 0 Å². The van der Waals surface area contributed by atoms with E-state index in [1.807, 2.05) is 19.3 Å². The van der Waals surface area contributed by atoms with Crippen molar-refractivity contribution in [1.29, 1.82) is 0 Å². The second kappa shape index (κ2) is 6.87. The number of nitrogens with zero attached hydrogens (tertiary/aromatic N) is 2. The summed E-state index contributed by atoms with van der Waals surface area (Å²) in [7, 11) is 2.03. The van der Waals surface area contributed by atoms with E-state index in [9.17, 15) is 5.11 Å². The Bertz CT molecular complexity index is 379. The molecule has 0 spiro atoms. The Hall–Kier alpha value is -1.13. The maximum absolute atomic E-state index is 10.1. The third-order valence-corrected chi connectivity index (χ3v) is 3.94. The number of pyridine rings is 1. The van der Waals surface area contributed by atoms with Crippen molar-refractivity contribution in [1.82, 2.24) is 10.3 Å². The molecule has 1 aliphatic carbocycles. The van der Waals surface area contributed by atoms with Gasteiger partial charge >= 0.3 is 0 Å². The van der Waals surface area contributed by atoms with Gasteiger partial charge in [-0.05, 0) is 31.0 Å². The van der Waals surface area contributed by atoms with Crippen LogP contribution in [0.2, 0.25) is 0 Å². The van der Waals surface area contributed by atoms with Gasteiger partial charge in [-0.15, -0.1) is 0 Å². The van der Waals surface area contributed by atoms with E-state index < -0.39 is 0 Å². The molecule has 0 aliphatic heterocycles. The van der Waals surface area contributed by atoms with Crippen molar-refractivity contribution < 1.29 is 5.11 Å². The summed E-state index contributed by atoms with van der Waals surface area (Å²) in [5.74, 6) is 0.950. The van der Waals surface area contributed by atoms with Gasteiger partial charge < -0.3 is 15.3 Å². The van der Waals surface area contributed by atoms with Crippen molar-refractivity contribution in [2.24, 2.45) is 0 Å². The van der Waals surface area contributed by atoms with Gasteiger partial charge in [0.15, 0.2) is 0 Å². The van der Waals surface area contributed by atoms with Crippen LogP contribution in [0.5, 0.6) is 0 Å². The number of hydrogen-bond donors (Lipinski definition) is 2. The molecule has 1 fully saturated rings. The number of aromatic nitrogens is 1. The number of nitrogens with one attached hydrogen (secondary N) is 1. The summed E-state index contributed by atoms with van der Waals surface area (Å²) < 4.78 is 0. The summed E-state index contributed by atoms with van der Waals surface area (Å²) in [6.07, 6.45) is 6.00. The second-order valence-electron chi connectivity index (χ2n) is 5.34. The molecule has 1 saturated carbocycles. The summed E-state index contributed by atoms with van der Waals surface area (Å²) in [6.45, 7) is 3.93. The van der Waals surface area contributed by atoms with E-state index in [2.05, 4.69) is 28.2 Å². The van der Waals surface area contributed by atoms with E-state index in [1.54, 1.807) is 0 Å². The average molecular weight is 263 g/mol. The molecule has 0 bridgehead atoms. The van der Waals surface area contributed by atoms with Gasteiger partial charge in [0.1, 0.15) is 5.82 Å². The standard InChI is InChI=1S/C15H25N3O/c1-3-16-10-12-8-9-15(17-11-12)18(2)13-6-4-5-7-14(13)19/h8-9,11,13-14,16,19H,3-7,10H2,1-2H3. The number of rotatable bonds is 5. The maximum Gasteiger partial charge on any atom is 0.128 e. The van der Waals surface area contributed by atoms with Crippen molar-refractivity contribution >= 4 is 5.82 Å². The molecular formula is C15H25N3O. The quantitative estimate of drug-likeness (QED) is 0.852. The molecule has 1 heterocycles. The summed E-state index contributed by atoms with van der Waals surface area (Å²) in [6, 6.07) is 4.37. The van der Waals surface area contributed by atoms with Crippen LogP contribution in [0.4, 0.5) is 5.82 Å². The molecule has 19 heavy (non-hydrogen) atoms. The number of anilines is 1. The molecule has 1 aliphatic rings. The number of aliphatic hydroxyl groups is 1. The lowest BCUT2D eigenvalue weighted by atomic mass is 9.91. The molecule has 2 unspecified atom stereocenters. The molecule has 2 N–H and O–H groups in total. The fourth-order valence-corrected chi connectivity index (χ4v) is 2.71. The van der Waals surface area contributed by atoms with Crippen LogP contribution in [0.15, 0.2) is 18.3 Å². The van der Waals surface area contributed by atoms with Crippen LogP contribution in [0, 0.1) is 0 Å². The highest BCUT2D eigenvalue weighted by Crippen LogP contribution is 2.25. The monoisotopic (exact) mass is 263 g/mol. The zero-order valence-electron chi connectivity index (χ0n) is 12.0. The fraction of sp³-hybridized carbons (Fsp3) is 0.667. The zero-order chi connectivity index (χ0) is 13.7. The van der Waals surface area contributed by atoms with E-state index in [0.717, 1.165) is 38.2 Å². The molecule has 0 radical (unpaired) electrons. The molecule has 0 amide bonds. The van der Waals surface area contributed by atoms with Crippen LogP contribution in [-0.4, -0.2) is 35.8 Å². The van der Waals surface area contributed by atoms with Gasteiger partial charge in [0.25, 0.3) is 0 Å². The molecule has 4 nitrogen and oxygen atoms in total. The van der Waals surface area contributed by atoms with E-state index in [0.29, 0.717) is 0 Å². The summed E-state index contributed by atoms with van der Waals surface area (Å²) >= 11 is 0. The van der Waals surface area contributed by atoms with Crippen molar-refractivity contribution in [3.8, 4) is 0 Å². The Balaban J connectivity index is 2.00. The predicted octanol–water partition coefficient (Wildman–Crippen LogP) is 1.93. The van der Waals surface area contributed by atoms with Crippen LogP contribution in [0.3, 0.4) is 0 Å². The summed E-state index contributed by atoms with van der Waals surface area (Å²) in [5, 5.41) is 13.4. The van der Waals surface area contributed by atoms with E-state index in [1.165, 1.54) is 12.0 Å². The largest absolute Gasteiger partial charge is 0.391 e. The first-order valence-corrected chi connectivity index (χ1v) is 7.29. The van der Waals surface area contributed by atoms with E-state index in [4.69, 9.17) is 0 Å². The topological polar surface area (TPSA) is 48.4 Å². The van der Waals surface area contributed by atoms with Crippen molar-refractivity contribution in [2.45, 2.75) is 51.3 Å². The van der Waals surface area contributed by atoms with Crippen LogP contribution in [0.1, 0.15) is 38.2 Å². The number of hydrogen-bond acceptors (Lipinski definition) is 4. The molecule has 0 saturated heterocycles. The molecule has 2 rings (SSSR count).